The molecule has 1 saturated heterocycles. The van der Waals surface area contributed by atoms with E-state index in [-0.39, 0.29) is 28.9 Å². The molecule has 2 rings (SSSR count). The first-order valence-corrected chi connectivity index (χ1v) is 6.73. The van der Waals surface area contributed by atoms with Crippen molar-refractivity contribution in [3.05, 3.63) is 33.9 Å². The molecule has 1 aliphatic rings. The summed E-state index contributed by atoms with van der Waals surface area (Å²) in [6, 6.07) is 4.47. The first kappa shape index (κ1) is 15.2. The SMILES string of the molecule is CCC1CN(C(=O)c2cccc(NN)c2[N+](=O)[O-])CCO1. The number of para-hydroxylation sites is 1. The summed E-state index contributed by atoms with van der Waals surface area (Å²) in [7, 11) is 0. The zero-order valence-corrected chi connectivity index (χ0v) is 11.7. The maximum atomic E-state index is 12.6. The Hall–Kier alpha value is -2.19. The van der Waals surface area contributed by atoms with Crippen LogP contribution in [0.3, 0.4) is 0 Å². The Morgan fingerprint density at radius 3 is 3.00 bits per heavy atom. The molecule has 0 radical (unpaired) electrons. The van der Waals surface area contributed by atoms with Gasteiger partial charge in [-0.1, -0.05) is 13.0 Å². The van der Waals surface area contributed by atoms with Gasteiger partial charge in [0.2, 0.25) is 0 Å². The van der Waals surface area contributed by atoms with Crippen molar-refractivity contribution in [1.82, 2.24) is 4.90 Å². The summed E-state index contributed by atoms with van der Waals surface area (Å²) in [6.07, 6.45) is 0.758. The minimum atomic E-state index is -0.597. The number of nitrogens with zero attached hydrogens (tertiary/aromatic N) is 2. The Balaban J connectivity index is 2.32. The van der Waals surface area contributed by atoms with E-state index >= 15 is 0 Å². The normalized spacial score (nSPS) is 18.4. The van der Waals surface area contributed by atoms with Crippen LogP contribution in [0.4, 0.5) is 11.4 Å². The molecule has 0 bridgehead atoms. The highest BCUT2D eigenvalue weighted by Gasteiger charge is 2.30. The van der Waals surface area contributed by atoms with E-state index in [2.05, 4.69) is 5.43 Å². The van der Waals surface area contributed by atoms with Crippen molar-refractivity contribution in [2.45, 2.75) is 19.4 Å². The van der Waals surface area contributed by atoms with E-state index in [1.165, 1.54) is 12.1 Å². The zero-order valence-electron chi connectivity index (χ0n) is 11.7. The van der Waals surface area contributed by atoms with E-state index in [0.29, 0.717) is 19.7 Å². The van der Waals surface area contributed by atoms with Crippen molar-refractivity contribution in [3.8, 4) is 0 Å². The number of hydrogen-bond acceptors (Lipinski definition) is 6. The summed E-state index contributed by atoms with van der Waals surface area (Å²) >= 11 is 0. The molecule has 3 N–H and O–H groups in total. The van der Waals surface area contributed by atoms with Crippen molar-refractivity contribution in [1.29, 1.82) is 0 Å². The maximum Gasteiger partial charge on any atom is 0.306 e. The number of ether oxygens (including phenoxy) is 1. The average Bonchev–Trinajstić information content (AvgIpc) is 2.53. The highest BCUT2D eigenvalue weighted by molar-refractivity contribution is 6.00. The number of hydrogen-bond donors (Lipinski definition) is 2. The lowest BCUT2D eigenvalue weighted by molar-refractivity contribution is -0.384. The fraction of sp³-hybridized carbons (Fsp3) is 0.462. The number of nitrogens with two attached hydrogens (primary N) is 1. The first-order valence-electron chi connectivity index (χ1n) is 6.73. The van der Waals surface area contributed by atoms with Crippen LogP contribution in [0.2, 0.25) is 0 Å². The van der Waals surface area contributed by atoms with Crippen molar-refractivity contribution < 1.29 is 14.5 Å². The van der Waals surface area contributed by atoms with E-state index < -0.39 is 4.92 Å². The van der Waals surface area contributed by atoms with Crippen LogP contribution >= 0.6 is 0 Å². The lowest BCUT2D eigenvalue weighted by atomic mass is 10.1. The number of nitro groups is 1. The molecule has 1 aromatic rings. The van der Waals surface area contributed by atoms with Gasteiger partial charge in [-0.3, -0.25) is 20.8 Å². The summed E-state index contributed by atoms with van der Waals surface area (Å²) < 4.78 is 5.51. The van der Waals surface area contributed by atoms with E-state index in [1.807, 2.05) is 6.92 Å². The molecule has 114 valence electrons. The van der Waals surface area contributed by atoms with Crippen LogP contribution in [-0.4, -0.2) is 41.5 Å². The predicted octanol–water partition coefficient (Wildman–Crippen LogP) is 1.13. The van der Waals surface area contributed by atoms with Gasteiger partial charge in [-0.05, 0) is 18.6 Å². The number of morpholine rings is 1. The lowest BCUT2D eigenvalue weighted by Gasteiger charge is -2.32. The molecule has 1 amide bonds. The highest BCUT2D eigenvalue weighted by atomic mass is 16.6. The lowest BCUT2D eigenvalue weighted by Crippen LogP contribution is -2.45. The van der Waals surface area contributed by atoms with Gasteiger partial charge in [-0.25, -0.2) is 0 Å². The third-order valence-electron chi connectivity index (χ3n) is 3.49. The summed E-state index contributed by atoms with van der Waals surface area (Å²) in [5, 5.41) is 11.2. The van der Waals surface area contributed by atoms with Gasteiger partial charge in [0.1, 0.15) is 11.3 Å². The van der Waals surface area contributed by atoms with Crippen LogP contribution in [0.5, 0.6) is 0 Å². The molecule has 0 aromatic heterocycles. The number of carbonyl (C=O) groups excluding carboxylic acids is 1. The van der Waals surface area contributed by atoms with Gasteiger partial charge in [0.25, 0.3) is 5.91 Å². The Kier molecular flexibility index (Phi) is 4.71. The molecule has 0 spiro atoms. The second-order valence-electron chi connectivity index (χ2n) is 4.76. The number of nitro benzene ring substituents is 1. The molecule has 1 fully saturated rings. The van der Waals surface area contributed by atoms with Crippen LogP contribution < -0.4 is 11.3 Å². The molecule has 1 aliphatic heterocycles. The van der Waals surface area contributed by atoms with E-state index in [1.54, 1.807) is 11.0 Å². The standard InChI is InChI=1S/C13H18N4O4/c1-2-9-8-16(6-7-21-9)13(18)10-4-3-5-11(15-14)12(10)17(19)20/h3-5,9,15H,2,6-8,14H2,1H3. The topological polar surface area (TPSA) is 111 Å². The first-order chi connectivity index (χ1) is 10.1. The summed E-state index contributed by atoms with van der Waals surface area (Å²) in [4.78, 5) is 24.8. The second-order valence-corrected chi connectivity index (χ2v) is 4.76. The number of amides is 1. The number of hydrazine groups is 1. The largest absolute Gasteiger partial charge is 0.375 e. The number of nitrogens with one attached hydrogen (secondary N) is 1. The highest BCUT2D eigenvalue weighted by Crippen LogP contribution is 2.29. The van der Waals surface area contributed by atoms with Crippen molar-refractivity contribution in [3.63, 3.8) is 0 Å². The quantitative estimate of drug-likeness (QED) is 0.489. The molecule has 8 nitrogen and oxygen atoms in total. The second kappa shape index (κ2) is 6.51. The third-order valence-corrected chi connectivity index (χ3v) is 3.49. The molecule has 0 saturated carbocycles. The van der Waals surface area contributed by atoms with Gasteiger partial charge in [-0.2, -0.15) is 0 Å². The molecule has 1 heterocycles. The molecular weight excluding hydrogens is 276 g/mol. The van der Waals surface area contributed by atoms with Crippen LogP contribution in [0.1, 0.15) is 23.7 Å². The molecular formula is C13H18N4O4. The average molecular weight is 294 g/mol. The van der Waals surface area contributed by atoms with Crippen molar-refractivity contribution in [2.75, 3.05) is 25.1 Å². The zero-order chi connectivity index (χ0) is 15.4. The maximum absolute atomic E-state index is 12.6. The van der Waals surface area contributed by atoms with E-state index in [0.717, 1.165) is 6.42 Å². The third kappa shape index (κ3) is 3.11. The van der Waals surface area contributed by atoms with Crippen LogP contribution in [0.25, 0.3) is 0 Å². The van der Waals surface area contributed by atoms with Gasteiger partial charge in [-0.15, -0.1) is 0 Å². The van der Waals surface area contributed by atoms with Gasteiger partial charge in [0, 0.05) is 13.1 Å². The minimum absolute atomic E-state index is 0.0300. The van der Waals surface area contributed by atoms with Crippen LogP contribution in [0, 0.1) is 10.1 Å². The number of benzene rings is 1. The predicted molar refractivity (Wildman–Crippen MR) is 76.8 cm³/mol. The van der Waals surface area contributed by atoms with E-state index in [4.69, 9.17) is 10.6 Å². The molecule has 1 aromatic carbocycles. The van der Waals surface area contributed by atoms with E-state index in [9.17, 15) is 14.9 Å². The fourth-order valence-electron chi connectivity index (χ4n) is 2.35. The van der Waals surface area contributed by atoms with Crippen LogP contribution in [0.15, 0.2) is 18.2 Å². The molecule has 1 atom stereocenters. The van der Waals surface area contributed by atoms with Gasteiger partial charge >= 0.3 is 5.69 Å². The Morgan fingerprint density at radius 2 is 2.38 bits per heavy atom. The van der Waals surface area contributed by atoms with Crippen molar-refractivity contribution in [2.24, 2.45) is 5.84 Å². The molecule has 0 aliphatic carbocycles. The van der Waals surface area contributed by atoms with Gasteiger partial charge < -0.3 is 15.1 Å². The Morgan fingerprint density at radius 1 is 1.62 bits per heavy atom. The Bertz CT molecular complexity index is 549. The van der Waals surface area contributed by atoms with Crippen LogP contribution in [-0.2, 0) is 4.74 Å². The molecule has 1 unspecified atom stereocenters. The van der Waals surface area contributed by atoms with Gasteiger partial charge in [0.15, 0.2) is 0 Å². The Labute approximate surface area is 122 Å². The summed E-state index contributed by atoms with van der Waals surface area (Å²) in [5.41, 5.74) is 2.11. The molecule has 8 heteroatoms. The number of anilines is 1. The summed E-state index contributed by atoms with van der Waals surface area (Å²) in [6.45, 7) is 3.27. The number of nitrogen functional groups attached to an aromatic ring is 1. The fourth-order valence-corrected chi connectivity index (χ4v) is 2.35. The number of carbonyl (C=O) groups is 1. The minimum Gasteiger partial charge on any atom is -0.375 e. The molecule has 21 heavy (non-hydrogen) atoms. The van der Waals surface area contributed by atoms with Gasteiger partial charge in [0.05, 0.1) is 17.6 Å². The number of rotatable bonds is 4. The smallest absolute Gasteiger partial charge is 0.306 e. The summed E-state index contributed by atoms with van der Waals surface area (Å²) in [5.74, 6) is 4.91. The van der Waals surface area contributed by atoms with Crippen molar-refractivity contribution >= 4 is 17.3 Å². The monoisotopic (exact) mass is 294 g/mol.